The van der Waals surface area contributed by atoms with E-state index < -0.39 is 11.7 Å². The van der Waals surface area contributed by atoms with Crippen LogP contribution in [0.2, 0.25) is 5.02 Å². The molecular weight excluding hydrogens is 404 g/mol. The number of aromatic nitrogens is 1. The Morgan fingerprint density at radius 1 is 1.36 bits per heavy atom. The highest BCUT2D eigenvalue weighted by Crippen LogP contribution is 2.32. The van der Waals surface area contributed by atoms with E-state index in [1.54, 1.807) is 4.90 Å². The molecule has 0 aliphatic carbocycles. The molecule has 0 atom stereocenters. The predicted molar refractivity (Wildman–Crippen MR) is 95.6 cm³/mol. The van der Waals surface area contributed by atoms with Gasteiger partial charge < -0.3 is 16.0 Å². The maximum Gasteiger partial charge on any atom is 0.417 e. The Morgan fingerprint density at radius 2 is 1.96 bits per heavy atom. The molecule has 2 heterocycles. The maximum absolute atomic E-state index is 12.5. The van der Waals surface area contributed by atoms with E-state index in [9.17, 15) is 18.0 Å². The van der Waals surface area contributed by atoms with Crippen molar-refractivity contribution in [3.63, 3.8) is 0 Å². The first-order valence-electron chi connectivity index (χ1n) is 7.27. The van der Waals surface area contributed by atoms with Gasteiger partial charge in [-0.25, -0.2) is 4.98 Å². The first kappa shape index (κ1) is 24.0. The Balaban J connectivity index is 0.00000288. The van der Waals surface area contributed by atoms with Crippen molar-refractivity contribution >= 4 is 48.1 Å². The second-order valence-electron chi connectivity index (χ2n) is 5.45. The standard InChI is InChI=1S/C14H18ClF3N4O.2ClH/c15-11-7-9(14(16,17)18)8-21-13(11)20-4-1-12(23)22-5-2-10(19)3-6-22;;/h7-8,10H,1-6,19H2,(H,20,21);2*1H. The van der Waals surface area contributed by atoms with Crippen LogP contribution in [0.15, 0.2) is 12.3 Å². The lowest BCUT2D eigenvalue weighted by atomic mass is 10.1. The monoisotopic (exact) mass is 422 g/mol. The van der Waals surface area contributed by atoms with Crippen LogP contribution in [0.25, 0.3) is 0 Å². The van der Waals surface area contributed by atoms with Gasteiger partial charge in [0.05, 0.1) is 10.6 Å². The number of piperidine rings is 1. The molecule has 1 amide bonds. The first-order chi connectivity index (χ1) is 10.8. The van der Waals surface area contributed by atoms with Crippen LogP contribution in [0.5, 0.6) is 0 Å². The van der Waals surface area contributed by atoms with E-state index in [0.717, 1.165) is 18.9 Å². The number of halogens is 6. The third-order valence-electron chi connectivity index (χ3n) is 3.69. The van der Waals surface area contributed by atoms with Gasteiger partial charge in [0.15, 0.2) is 0 Å². The molecule has 0 unspecified atom stereocenters. The summed E-state index contributed by atoms with van der Waals surface area (Å²) in [6.45, 7) is 1.53. The van der Waals surface area contributed by atoms with Crippen LogP contribution in [0.4, 0.5) is 19.0 Å². The summed E-state index contributed by atoms with van der Waals surface area (Å²) in [5.74, 6) is 0.112. The second kappa shape index (κ2) is 10.3. The summed E-state index contributed by atoms with van der Waals surface area (Å²) in [6.07, 6.45) is -1.99. The first-order valence-corrected chi connectivity index (χ1v) is 7.65. The van der Waals surface area contributed by atoms with Crippen molar-refractivity contribution in [1.82, 2.24) is 9.88 Å². The van der Waals surface area contributed by atoms with Crippen molar-refractivity contribution in [2.75, 3.05) is 25.0 Å². The summed E-state index contributed by atoms with van der Waals surface area (Å²) in [5, 5.41) is 2.66. The molecule has 1 aromatic rings. The van der Waals surface area contributed by atoms with Crippen LogP contribution in [0.1, 0.15) is 24.8 Å². The summed E-state index contributed by atoms with van der Waals surface area (Å²) in [4.78, 5) is 17.4. The molecule has 144 valence electrons. The van der Waals surface area contributed by atoms with Gasteiger partial charge in [-0.05, 0) is 18.9 Å². The van der Waals surface area contributed by atoms with Crippen molar-refractivity contribution in [3.8, 4) is 0 Å². The minimum atomic E-state index is -4.49. The molecule has 1 aliphatic rings. The van der Waals surface area contributed by atoms with E-state index in [1.807, 2.05) is 0 Å². The van der Waals surface area contributed by atoms with Crippen LogP contribution in [0.3, 0.4) is 0 Å². The van der Waals surface area contributed by atoms with Gasteiger partial charge in [-0.1, -0.05) is 11.6 Å². The van der Waals surface area contributed by atoms with Gasteiger partial charge >= 0.3 is 6.18 Å². The topological polar surface area (TPSA) is 71.2 Å². The highest BCUT2D eigenvalue weighted by molar-refractivity contribution is 6.32. The largest absolute Gasteiger partial charge is 0.417 e. The zero-order chi connectivity index (χ0) is 17.0. The van der Waals surface area contributed by atoms with Crippen LogP contribution in [-0.4, -0.2) is 41.5 Å². The van der Waals surface area contributed by atoms with E-state index in [-0.39, 0.29) is 60.6 Å². The normalized spacial score (nSPS) is 15.2. The van der Waals surface area contributed by atoms with Gasteiger partial charge in [-0.2, -0.15) is 13.2 Å². The van der Waals surface area contributed by atoms with Crippen LogP contribution < -0.4 is 11.1 Å². The Kier molecular flexibility index (Phi) is 9.86. The summed E-state index contributed by atoms with van der Waals surface area (Å²) < 4.78 is 37.5. The number of nitrogens with zero attached hydrogens (tertiary/aromatic N) is 2. The minimum absolute atomic E-state index is 0. The molecule has 11 heteroatoms. The van der Waals surface area contributed by atoms with Gasteiger partial charge in [0, 0.05) is 38.3 Å². The Labute approximate surface area is 161 Å². The van der Waals surface area contributed by atoms with Gasteiger partial charge in [0.25, 0.3) is 0 Å². The molecule has 1 fully saturated rings. The molecule has 2 rings (SSSR count). The molecule has 0 spiro atoms. The lowest BCUT2D eigenvalue weighted by Crippen LogP contribution is -2.43. The van der Waals surface area contributed by atoms with E-state index in [2.05, 4.69) is 10.3 Å². The number of likely N-dealkylation sites (tertiary alicyclic amines) is 1. The number of alkyl halides is 3. The molecular formula is C14H20Cl3F3N4O. The Hall–Kier alpha value is -0.960. The summed E-state index contributed by atoms with van der Waals surface area (Å²) in [6, 6.07) is 0.956. The Bertz CT molecular complexity index is 567. The molecule has 25 heavy (non-hydrogen) atoms. The third kappa shape index (κ3) is 7.05. The van der Waals surface area contributed by atoms with Crippen molar-refractivity contribution < 1.29 is 18.0 Å². The average Bonchev–Trinajstić information content (AvgIpc) is 2.48. The molecule has 3 N–H and O–H groups in total. The lowest BCUT2D eigenvalue weighted by molar-refractivity contribution is -0.137. The number of pyridine rings is 1. The third-order valence-corrected chi connectivity index (χ3v) is 3.98. The fourth-order valence-electron chi connectivity index (χ4n) is 2.32. The lowest BCUT2D eigenvalue weighted by Gasteiger charge is -2.30. The van der Waals surface area contributed by atoms with Crippen molar-refractivity contribution in [2.24, 2.45) is 5.73 Å². The zero-order valence-corrected chi connectivity index (χ0v) is 15.6. The van der Waals surface area contributed by atoms with Gasteiger partial charge in [0.1, 0.15) is 5.82 Å². The fourth-order valence-corrected chi connectivity index (χ4v) is 2.55. The predicted octanol–water partition coefficient (Wildman–Crippen LogP) is 3.35. The quantitative estimate of drug-likeness (QED) is 0.779. The number of amides is 1. The summed E-state index contributed by atoms with van der Waals surface area (Å²) >= 11 is 5.78. The van der Waals surface area contributed by atoms with Crippen molar-refractivity contribution in [2.45, 2.75) is 31.5 Å². The average molecular weight is 424 g/mol. The van der Waals surface area contributed by atoms with E-state index in [1.165, 1.54) is 0 Å². The number of carbonyl (C=O) groups is 1. The number of hydrogen-bond donors (Lipinski definition) is 2. The molecule has 0 bridgehead atoms. The minimum Gasteiger partial charge on any atom is -0.368 e. The number of rotatable bonds is 4. The fraction of sp³-hybridized carbons (Fsp3) is 0.571. The van der Waals surface area contributed by atoms with Gasteiger partial charge in [-0.3, -0.25) is 4.79 Å². The number of hydrogen-bond acceptors (Lipinski definition) is 4. The smallest absolute Gasteiger partial charge is 0.368 e. The highest BCUT2D eigenvalue weighted by atomic mass is 35.5. The van der Waals surface area contributed by atoms with Gasteiger partial charge in [0.2, 0.25) is 5.91 Å². The molecule has 1 aromatic heterocycles. The molecule has 5 nitrogen and oxygen atoms in total. The molecule has 0 aromatic carbocycles. The second-order valence-corrected chi connectivity index (χ2v) is 5.85. The highest BCUT2D eigenvalue weighted by Gasteiger charge is 2.31. The van der Waals surface area contributed by atoms with Crippen LogP contribution in [-0.2, 0) is 11.0 Å². The van der Waals surface area contributed by atoms with Crippen molar-refractivity contribution in [1.29, 1.82) is 0 Å². The number of nitrogens with one attached hydrogen (secondary N) is 1. The molecule has 0 saturated carbocycles. The van der Waals surface area contributed by atoms with Crippen LogP contribution >= 0.6 is 36.4 Å². The molecule has 0 radical (unpaired) electrons. The van der Waals surface area contributed by atoms with E-state index in [4.69, 9.17) is 17.3 Å². The van der Waals surface area contributed by atoms with Crippen LogP contribution in [0, 0.1) is 0 Å². The molecule has 1 saturated heterocycles. The maximum atomic E-state index is 12.5. The summed E-state index contributed by atoms with van der Waals surface area (Å²) in [7, 11) is 0. The van der Waals surface area contributed by atoms with E-state index in [0.29, 0.717) is 19.3 Å². The van der Waals surface area contributed by atoms with Gasteiger partial charge in [-0.15, -0.1) is 24.8 Å². The number of anilines is 1. The number of carbonyl (C=O) groups excluding carboxylic acids is 1. The van der Waals surface area contributed by atoms with E-state index >= 15 is 0 Å². The summed E-state index contributed by atoms with van der Waals surface area (Å²) in [5.41, 5.74) is 4.87. The number of nitrogens with two attached hydrogens (primary N) is 1. The molecule has 1 aliphatic heterocycles. The Morgan fingerprint density at radius 3 is 2.48 bits per heavy atom. The zero-order valence-electron chi connectivity index (χ0n) is 13.2. The van der Waals surface area contributed by atoms with Crippen molar-refractivity contribution in [3.05, 3.63) is 22.8 Å². The SMILES string of the molecule is Cl.Cl.NC1CCN(C(=O)CCNc2ncc(C(F)(F)F)cc2Cl)CC1.